The zero-order chi connectivity index (χ0) is 5.11. The molecule has 0 aromatic heterocycles. The van der Waals surface area contributed by atoms with E-state index >= 15 is 0 Å². The lowest BCUT2D eigenvalue weighted by Crippen LogP contribution is -2.21. The van der Waals surface area contributed by atoms with Crippen LogP contribution >= 0.6 is 0 Å². The second-order valence-corrected chi connectivity index (χ2v) is 3.05. The predicted molar refractivity (Wildman–Crippen MR) is 28.4 cm³/mol. The van der Waals surface area contributed by atoms with Gasteiger partial charge in [-0.2, -0.15) is 0 Å². The Labute approximate surface area is 46.0 Å². The van der Waals surface area contributed by atoms with Crippen LogP contribution in [0.25, 0.3) is 0 Å². The molecule has 0 N–H and O–H groups in total. The van der Waals surface area contributed by atoms with Gasteiger partial charge >= 0.3 is 0 Å². The molecule has 1 heterocycles. The van der Waals surface area contributed by atoms with Crippen molar-refractivity contribution < 1.29 is 9.29 Å². The zero-order valence-electron chi connectivity index (χ0n) is 4.05. The number of hydrogen-bond acceptors (Lipinski definition) is 2. The van der Waals surface area contributed by atoms with Crippen molar-refractivity contribution in [2.45, 2.75) is 6.42 Å². The Hall–Kier alpha value is 0.270. The van der Waals surface area contributed by atoms with E-state index < -0.39 is 11.2 Å². The Kier molecular flexibility index (Phi) is 1.97. The molecule has 1 aliphatic heterocycles. The SMILES string of the molecule is [O-][S+]1CCCOC1. The van der Waals surface area contributed by atoms with Gasteiger partial charge in [-0.1, -0.05) is 0 Å². The molecule has 0 aromatic rings. The Morgan fingerprint density at radius 2 is 2.43 bits per heavy atom. The van der Waals surface area contributed by atoms with Crippen molar-refractivity contribution in [3.05, 3.63) is 0 Å². The molecule has 7 heavy (non-hydrogen) atoms. The summed E-state index contributed by atoms with van der Waals surface area (Å²) in [6.07, 6.45) is 0.965. The third kappa shape index (κ3) is 1.67. The van der Waals surface area contributed by atoms with Crippen LogP contribution in [-0.2, 0) is 15.9 Å². The molecule has 0 bridgehead atoms. The first-order valence-electron chi connectivity index (χ1n) is 2.32. The van der Waals surface area contributed by atoms with Gasteiger partial charge in [0.25, 0.3) is 0 Å². The van der Waals surface area contributed by atoms with Crippen molar-refractivity contribution in [2.75, 3.05) is 18.3 Å². The third-order valence-corrected chi connectivity index (χ3v) is 2.05. The molecule has 0 aliphatic carbocycles. The average Bonchev–Trinajstić information content (AvgIpc) is 1.69. The van der Waals surface area contributed by atoms with E-state index in [1.54, 1.807) is 0 Å². The molecule has 1 atom stereocenters. The maximum atomic E-state index is 10.4. The molecule has 1 fully saturated rings. The highest BCUT2D eigenvalue weighted by Gasteiger charge is 2.10. The lowest BCUT2D eigenvalue weighted by molar-refractivity contribution is 0.167. The number of ether oxygens (including phenoxy) is 1. The van der Waals surface area contributed by atoms with Gasteiger partial charge in [0.15, 0.2) is 0 Å². The summed E-state index contributed by atoms with van der Waals surface area (Å²) in [7, 11) is 0. The van der Waals surface area contributed by atoms with Crippen LogP contribution in [0.1, 0.15) is 6.42 Å². The molecular formula is C4H8O2S. The fourth-order valence-electron chi connectivity index (χ4n) is 0.533. The molecule has 0 aromatic carbocycles. The first-order valence-corrected chi connectivity index (χ1v) is 3.81. The van der Waals surface area contributed by atoms with E-state index in [9.17, 15) is 4.55 Å². The minimum atomic E-state index is -0.662. The van der Waals surface area contributed by atoms with Crippen LogP contribution in [-0.4, -0.2) is 22.9 Å². The fourth-order valence-corrected chi connectivity index (χ4v) is 1.39. The summed E-state index contributed by atoms with van der Waals surface area (Å²) < 4.78 is 15.3. The van der Waals surface area contributed by atoms with Gasteiger partial charge in [0.05, 0.1) is 6.61 Å². The van der Waals surface area contributed by atoms with Gasteiger partial charge in [-0.25, -0.2) is 0 Å². The molecule has 3 heteroatoms. The lowest BCUT2D eigenvalue weighted by Gasteiger charge is -2.15. The van der Waals surface area contributed by atoms with Crippen LogP contribution < -0.4 is 0 Å². The fraction of sp³-hybridized carbons (Fsp3) is 1.00. The Balaban J connectivity index is 2.12. The summed E-state index contributed by atoms with van der Waals surface area (Å²) in [5, 5.41) is 0. The largest absolute Gasteiger partial charge is 0.615 e. The third-order valence-electron chi connectivity index (χ3n) is 0.875. The van der Waals surface area contributed by atoms with E-state index in [-0.39, 0.29) is 0 Å². The van der Waals surface area contributed by atoms with Gasteiger partial charge in [0, 0.05) is 6.42 Å². The minimum absolute atomic E-state index is 0.458. The number of rotatable bonds is 0. The van der Waals surface area contributed by atoms with Crippen LogP contribution in [0.3, 0.4) is 0 Å². The summed E-state index contributed by atoms with van der Waals surface area (Å²) in [6.45, 7) is 0.797. The predicted octanol–water partition coefficient (Wildman–Crippen LogP) is 0.113. The molecule has 42 valence electrons. The molecule has 0 spiro atoms. The van der Waals surface area contributed by atoms with Crippen LogP contribution in [0.2, 0.25) is 0 Å². The first-order chi connectivity index (χ1) is 3.39. The van der Waals surface area contributed by atoms with Crippen molar-refractivity contribution in [3.8, 4) is 0 Å². The summed E-state index contributed by atoms with van der Waals surface area (Å²) in [4.78, 5) is 0. The summed E-state index contributed by atoms with van der Waals surface area (Å²) >= 11 is -0.662. The van der Waals surface area contributed by atoms with Crippen LogP contribution in [0, 0.1) is 0 Å². The second kappa shape index (κ2) is 2.55. The lowest BCUT2D eigenvalue weighted by atomic mass is 10.5. The molecule has 0 radical (unpaired) electrons. The topological polar surface area (TPSA) is 32.3 Å². The van der Waals surface area contributed by atoms with Crippen molar-refractivity contribution in [3.63, 3.8) is 0 Å². The molecule has 1 aliphatic rings. The van der Waals surface area contributed by atoms with Crippen molar-refractivity contribution >= 4 is 11.2 Å². The van der Waals surface area contributed by atoms with Gasteiger partial charge in [0.1, 0.15) is 5.75 Å². The summed E-state index contributed by atoms with van der Waals surface area (Å²) in [6, 6.07) is 0. The van der Waals surface area contributed by atoms with Crippen LogP contribution in [0.5, 0.6) is 0 Å². The molecule has 1 saturated heterocycles. The molecule has 0 saturated carbocycles. The van der Waals surface area contributed by atoms with Crippen LogP contribution in [0.15, 0.2) is 0 Å². The summed E-state index contributed by atoms with van der Waals surface area (Å²) in [5.74, 6) is 1.29. The Bertz CT molecular complexity index is 51.7. The Morgan fingerprint density at radius 3 is 2.71 bits per heavy atom. The zero-order valence-corrected chi connectivity index (χ0v) is 4.87. The smallest absolute Gasteiger partial charge is 0.205 e. The van der Waals surface area contributed by atoms with Gasteiger partial charge in [-0.05, 0) is 11.2 Å². The molecule has 0 amide bonds. The highest BCUT2D eigenvalue weighted by Crippen LogP contribution is 2.01. The molecule has 2 nitrogen and oxygen atoms in total. The normalized spacial score (nSPS) is 33.0. The highest BCUT2D eigenvalue weighted by atomic mass is 32.2. The van der Waals surface area contributed by atoms with Gasteiger partial charge in [-0.3, -0.25) is 0 Å². The summed E-state index contributed by atoms with van der Waals surface area (Å²) in [5.41, 5.74) is 0. The maximum absolute atomic E-state index is 10.4. The van der Waals surface area contributed by atoms with Crippen molar-refractivity contribution in [1.82, 2.24) is 0 Å². The minimum Gasteiger partial charge on any atom is -0.615 e. The van der Waals surface area contributed by atoms with Crippen molar-refractivity contribution in [1.29, 1.82) is 0 Å². The van der Waals surface area contributed by atoms with E-state index in [2.05, 4.69) is 0 Å². The van der Waals surface area contributed by atoms with E-state index in [0.717, 1.165) is 18.8 Å². The maximum Gasteiger partial charge on any atom is 0.205 e. The quantitative estimate of drug-likeness (QED) is 0.425. The second-order valence-electron chi connectivity index (χ2n) is 1.52. The average molecular weight is 120 g/mol. The molecular weight excluding hydrogens is 112 g/mol. The monoisotopic (exact) mass is 120 g/mol. The first kappa shape index (κ1) is 5.41. The number of hydrogen-bond donors (Lipinski definition) is 0. The van der Waals surface area contributed by atoms with E-state index in [4.69, 9.17) is 4.74 Å². The van der Waals surface area contributed by atoms with E-state index in [0.29, 0.717) is 5.94 Å². The van der Waals surface area contributed by atoms with Crippen molar-refractivity contribution in [2.24, 2.45) is 0 Å². The van der Waals surface area contributed by atoms with E-state index in [1.807, 2.05) is 0 Å². The highest BCUT2D eigenvalue weighted by molar-refractivity contribution is 7.91. The molecule has 1 rings (SSSR count). The van der Waals surface area contributed by atoms with E-state index in [1.165, 1.54) is 0 Å². The van der Waals surface area contributed by atoms with Gasteiger partial charge in [0.2, 0.25) is 5.94 Å². The van der Waals surface area contributed by atoms with Crippen LogP contribution in [0.4, 0.5) is 0 Å². The Morgan fingerprint density at radius 1 is 1.57 bits per heavy atom. The van der Waals surface area contributed by atoms with Gasteiger partial charge in [-0.15, -0.1) is 0 Å². The van der Waals surface area contributed by atoms with Gasteiger partial charge < -0.3 is 9.29 Å². The molecule has 1 unspecified atom stereocenters. The standard InChI is InChI=1S/C4H8O2S/c5-7-3-1-2-6-4-7/h1-4H2.